The third kappa shape index (κ3) is 2.56. The Morgan fingerprint density at radius 3 is 2.54 bits per heavy atom. The van der Waals surface area contributed by atoms with Gasteiger partial charge in [-0.25, -0.2) is 0 Å². The molecule has 1 aromatic rings. The van der Waals surface area contributed by atoms with Gasteiger partial charge in [-0.1, -0.05) is 25.1 Å². The molecule has 0 atom stereocenters. The fourth-order valence-corrected chi connectivity index (χ4v) is 1.03. The van der Waals surface area contributed by atoms with Crippen LogP contribution in [0.1, 0.15) is 19.8 Å². The third-order valence-corrected chi connectivity index (χ3v) is 1.70. The zero-order valence-corrected chi connectivity index (χ0v) is 7.60. The van der Waals surface area contributed by atoms with Crippen molar-refractivity contribution in [2.75, 3.05) is 5.06 Å². The summed E-state index contributed by atoms with van der Waals surface area (Å²) < 4.78 is 0. The summed E-state index contributed by atoms with van der Waals surface area (Å²) in [5.74, 6) is -0.270. The fourth-order valence-electron chi connectivity index (χ4n) is 1.03. The van der Waals surface area contributed by atoms with E-state index in [1.165, 1.54) is 0 Å². The number of anilines is 1. The van der Waals surface area contributed by atoms with Gasteiger partial charge in [0, 0.05) is 6.42 Å². The van der Waals surface area contributed by atoms with E-state index in [0.717, 1.165) is 6.42 Å². The zero-order valence-electron chi connectivity index (χ0n) is 7.60. The molecular formula is C10H13NO2. The Kier molecular flexibility index (Phi) is 3.46. The molecule has 3 heteroatoms. The van der Waals surface area contributed by atoms with Gasteiger partial charge in [0.05, 0.1) is 5.69 Å². The first-order chi connectivity index (χ1) is 6.25. The van der Waals surface area contributed by atoms with Gasteiger partial charge in [0.25, 0.3) is 5.91 Å². The van der Waals surface area contributed by atoms with Crippen molar-refractivity contribution in [3.8, 4) is 0 Å². The van der Waals surface area contributed by atoms with Crippen LogP contribution in [0, 0.1) is 0 Å². The molecule has 1 N–H and O–H groups in total. The Bertz CT molecular complexity index is 272. The van der Waals surface area contributed by atoms with Crippen LogP contribution in [-0.4, -0.2) is 11.1 Å². The summed E-state index contributed by atoms with van der Waals surface area (Å²) in [5.41, 5.74) is 0.515. The van der Waals surface area contributed by atoms with Crippen molar-refractivity contribution < 1.29 is 10.0 Å². The van der Waals surface area contributed by atoms with Gasteiger partial charge in [0.15, 0.2) is 0 Å². The molecule has 0 unspecified atom stereocenters. The summed E-state index contributed by atoms with van der Waals surface area (Å²) in [7, 11) is 0. The van der Waals surface area contributed by atoms with Gasteiger partial charge in [0.2, 0.25) is 0 Å². The minimum Gasteiger partial charge on any atom is -0.281 e. The summed E-state index contributed by atoms with van der Waals surface area (Å²) in [6, 6.07) is 8.76. The number of amides is 1. The molecule has 1 amide bonds. The van der Waals surface area contributed by atoms with E-state index >= 15 is 0 Å². The predicted molar refractivity (Wildman–Crippen MR) is 50.6 cm³/mol. The topological polar surface area (TPSA) is 40.5 Å². The van der Waals surface area contributed by atoms with E-state index in [9.17, 15) is 10.0 Å². The molecule has 0 saturated carbocycles. The number of hydrogen-bond acceptors (Lipinski definition) is 2. The van der Waals surface area contributed by atoms with Gasteiger partial charge in [-0.05, 0) is 18.6 Å². The van der Waals surface area contributed by atoms with E-state index < -0.39 is 0 Å². The highest BCUT2D eigenvalue weighted by molar-refractivity contribution is 5.90. The largest absolute Gasteiger partial charge is 0.281 e. The molecule has 13 heavy (non-hydrogen) atoms. The molecule has 0 aromatic heterocycles. The summed E-state index contributed by atoms with van der Waals surface area (Å²) in [4.78, 5) is 11.2. The number of benzene rings is 1. The molecule has 0 aliphatic carbocycles. The van der Waals surface area contributed by atoms with Crippen LogP contribution >= 0.6 is 0 Å². The van der Waals surface area contributed by atoms with Gasteiger partial charge in [0.1, 0.15) is 0 Å². The molecular weight excluding hydrogens is 166 g/mol. The monoisotopic (exact) mass is 179 g/mol. The molecule has 1 aromatic carbocycles. The normalized spacial score (nSPS) is 9.69. The highest BCUT2D eigenvalue weighted by atomic mass is 16.5. The number of hydroxylamine groups is 1. The van der Waals surface area contributed by atoms with Crippen LogP contribution in [0.2, 0.25) is 0 Å². The van der Waals surface area contributed by atoms with Crippen LogP contribution in [0.5, 0.6) is 0 Å². The Hall–Kier alpha value is -1.35. The molecule has 0 aliphatic heterocycles. The number of nitrogens with zero attached hydrogens (tertiary/aromatic N) is 1. The fraction of sp³-hybridized carbons (Fsp3) is 0.300. The second-order valence-corrected chi connectivity index (χ2v) is 2.79. The lowest BCUT2D eigenvalue weighted by Crippen LogP contribution is -2.26. The summed E-state index contributed by atoms with van der Waals surface area (Å²) in [6.07, 6.45) is 1.11. The summed E-state index contributed by atoms with van der Waals surface area (Å²) in [5, 5.41) is 10.1. The number of para-hydroxylation sites is 1. The first kappa shape index (κ1) is 9.74. The maximum absolute atomic E-state index is 11.2. The smallest absolute Gasteiger partial charge is 0.250 e. The highest BCUT2D eigenvalue weighted by Gasteiger charge is 2.10. The lowest BCUT2D eigenvalue weighted by atomic mass is 10.3. The van der Waals surface area contributed by atoms with Crippen molar-refractivity contribution in [3.05, 3.63) is 30.3 Å². The standard InChI is InChI=1S/C10H13NO2/c1-2-6-10(12)11(13)9-7-4-3-5-8-9/h3-5,7-8,13H,2,6H2,1H3. The first-order valence-electron chi connectivity index (χ1n) is 4.32. The van der Waals surface area contributed by atoms with E-state index in [1.54, 1.807) is 24.3 Å². The maximum Gasteiger partial charge on any atom is 0.250 e. The van der Waals surface area contributed by atoms with Crippen LogP contribution in [0.4, 0.5) is 5.69 Å². The summed E-state index contributed by atoms with van der Waals surface area (Å²) >= 11 is 0. The second kappa shape index (κ2) is 4.62. The minimum atomic E-state index is -0.270. The third-order valence-electron chi connectivity index (χ3n) is 1.70. The SMILES string of the molecule is CCCC(=O)N(O)c1ccccc1. The Labute approximate surface area is 77.6 Å². The van der Waals surface area contributed by atoms with Crippen molar-refractivity contribution in [2.45, 2.75) is 19.8 Å². The van der Waals surface area contributed by atoms with E-state index in [2.05, 4.69) is 0 Å². The molecule has 3 nitrogen and oxygen atoms in total. The Balaban J connectivity index is 2.68. The minimum absolute atomic E-state index is 0.270. The van der Waals surface area contributed by atoms with Crippen molar-refractivity contribution in [3.63, 3.8) is 0 Å². The average Bonchev–Trinajstić information content (AvgIpc) is 2.18. The quantitative estimate of drug-likeness (QED) is 0.570. The van der Waals surface area contributed by atoms with Crippen LogP contribution in [0.25, 0.3) is 0 Å². The zero-order chi connectivity index (χ0) is 9.68. The van der Waals surface area contributed by atoms with Crippen molar-refractivity contribution >= 4 is 11.6 Å². The Morgan fingerprint density at radius 2 is 2.00 bits per heavy atom. The van der Waals surface area contributed by atoms with Crippen molar-refractivity contribution in [1.82, 2.24) is 0 Å². The van der Waals surface area contributed by atoms with E-state index in [4.69, 9.17) is 0 Å². The van der Waals surface area contributed by atoms with Gasteiger partial charge in [-0.2, -0.15) is 5.06 Å². The second-order valence-electron chi connectivity index (χ2n) is 2.79. The molecule has 0 saturated heterocycles. The van der Waals surface area contributed by atoms with Crippen LogP contribution in [-0.2, 0) is 4.79 Å². The average molecular weight is 179 g/mol. The van der Waals surface area contributed by atoms with E-state index in [1.807, 2.05) is 13.0 Å². The number of hydrogen-bond donors (Lipinski definition) is 1. The van der Waals surface area contributed by atoms with Crippen LogP contribution in [0.15, 0.2) is 30.3 Å². The van der Waals surface area contributed by atoms with E-state index in [0.29, 0.717) is 17.2 Å². The molecule has 0 fully saturated rings. The summed E-state index contributed by atoms with van der Waals surface area (Å²) in [6.45, 7) is 1.90. The lowest BCUT2D eigenvalue weighted by molar-refractivity contribution is -0.123. The molecule has 0 aliphatic rings. The van der Waals surface area contributed by atoms with Crippen LogP contribution < -0.4 is 5.06 Å². The molecule has 0 radical (unpaired) electrons. The Morgan fingerprint density at radius 1 is 1.38 bits per heavy atom. The predicted octanol–water partition coefficient (Wildman–Crippen LogP) is 2.21. The maximum atomic E-state index is 11.2. The van der Waals surface area contributed by atoms with Gasteiger partial charge >= 0.3 is 0 Å². The number of carbonyl (C=O) groups excluding carboxylic acids is 1. The molecule has 1 rings (SSSR count). The van der Waals surface area contributed by atoms with Gasteiger partial charge in [-0.15, -0.1) is 0 Å². The molecule has 0 bridgehead atoms. The highest BCUT2D eigenvalue weighted by Crippen LogP contribution is 2.11. The molecule has 0 heterocycles. The molecule has 70 valence electrons. The van der Waals surface area contributed by atoms with Gasteiger partial charge in [-0.3, -0.25) is 10.0 Å². The van der Waals surface area contributed by atoms with Crippen molar-refractivity contribution in [2.24, 2.45) is 0 Å². The first-order valence-corrected chi connectivity index (χ1v) is 4.32. The number of rotatable bonds is 3. The number of carbonyl (C=O) groups is 1. The molecule has 0 spiro atoms. The van der Waals surface area contributed by atoms with Crippen molar-refractivity contribution in [1.29, 1.82) is 0 Å². The lowest BCUT2D eigenvalue weighted by Gasteiger charge is -2.13. The van der Waals surface area contributed by atoms with E-state index in [-0.39, 0.29) is 5.91 Å². The van der Waals surface area contributed by atoms with Gasteiger partial charge < -0.3 is 0 Å². The van der Waals surface area contributed by atoms with Crippen LogP contribution in [0.3, 0.4) is 0 Å².